The van der Waals surface area contributed by atoms with Gasteiger partial charge in [-0.25, -0.2) is 9.37 Å². The van der Waals surface area contributed by atoms with Crippen molar-refractivity contribution in [3.63, 3.8) is 0 Å². The van der Waals surface area contributed by atoms with E-state index in [0.29, 0.717) is 31.9 Å². The molecule has 1 atom stereocenters. The second kappa shape index (κ2) is 8.08. The highest BCUT2D eigenvalue weighted by Crippen LogP contribution is 2.25. The maximum Gasteiger partial charge on any atom is 0.235 e. The van der Waals surface area contributed by atoms with E-state index in [9.17, 15) is 9.18 Å². The molecule has 3 aromatic rings. The number of aromatic nitrogens is 1. The predicted octanol–water partition coefficient (Wildman–Crippen LogP) is 3.27. The summed E-state index contributed by atoms with van der Waals surface area (Å²) in [5.74, 6) is -0.0137. The molecule has 4 rings (SSSR count). The molecule has 2 heterocycles. The van der Waals surface area contributed by atoms with E-state index in [1.165, 1.54) is 34.6 Å². The first-order chi connectivity index (χ1) is 13.6. The number of primary amides is 1. The van der Waals surface area contributed by atoms with Crippen molar-refractivity contribution in [3.05, 3.63) is 81.6 Å². The van der Waals surface area contributed by atoms with Crippen LogP contribution in [0.2, 0.25) is 0 Å². The first-order valence-corrected chi connectivity index (χ1v) is 9.88. The zero-order chi connectivity index (χ0) is 19.5. The minimum atomic E-state index is -0.337. The van der Waals surface area contributed by atoms with E-state index in [4.69, 9.17) is 10.5 Å². The third kappa shape index (κ3) is 4.21. The van der Waals surface area contributed by atoms with Crippen molar-refractivity contribution < 1.29 is 13.9 Å². The number of hydrogen-bond acceptors (Lipinski definition) is 5. The molecule has 28 heavy (non-hydrogen) atoms. The maximum absolute atomic E-state index is 13.0. The summed E-state index contributed by atoms with van der Waals surface area (Å²) in [6.45, 7) is 1.54. The minimum absolute atomic E-state index is 0.295. The number of halogens is 1. The van der Waals surface area contributed by atoms with Crippen LogP contribution in [0.5, 0.6) is 5.75 Å². The van der Waals surface area contributed by atoms with Crippen LogP contribution in [0, 0.1) is 5.82 Å². The van der Waals surface area contributed by atoms with Crippen molar-refractivity contribution >= 4 is 17.2 Å². The van der Waals surface area contributed by atoms with Gasteiger partial charge in [-0.3, -0.25) is 9.69 Å². The second-order valence-electron chi connectivity index (χ2n) is 6.77. The van der Waals surface area contributed by atoms with Crippen LogP contribution in [0.1, 0.15) is 21.8 Å². The highest BCUT2D eigenvalue weighted by molar-refractivity contribution is 7.09. The topological polar surface area (TPSA) is 68.5 Å². The average molecular weight is 397 g/mol. The molecule has 1 aromatic heterocycles. The lowest BCUT2D eigenvalue weighted by Crippen LogP contribution is -2.48. The summed E-state index contributed by atoms with van der Waals surface area (Å²) < 4.78 is 18.6. The third-order valence-electron chi connectivity index (χ3n) is 4.81. The highest BCUT2D eigenvalue weighted by atomic mass is 32.1. The van der Waals surface area contributed by atoms with Gasteiger partial charge in [0.2, 0.25) is 5.91 Å². The Morgan fingerprint density at radius 2 is 1.96 bits per heavy atom. The van der Waals surface area contributed by atoms with E-state index in [1.54, 1.807) is 12.1 Å². The van der Waals surface area contributed by atoms with Crippen molar-refractivity contribution in [1.29, 1.82) is 0 Å². The number of benzene rings is 2. The molecule has 1 aliphatic heterocycles. The molecule has 0 saturated heterocycles. The second-order valence-corrected chi connectivity index (χ2v) is 7.71. The first-order valence-electron chi connectivity index (χ1n) is 9.00. The van der Waals surface area contributed by atoms with Crippen LogP contribution >= 0.6 is 11.3 Å². The summed E-state index contributed by atoms with van der Waals surface area (Å²) in [5, 5.41) is 2.80. The van der Waals surface area contributed by atoms with Crippen molar-refractivity contribution in [2.75, 3.05) is 0 Å². The van der Waals surface area contributed by atoms with Crippen LogP contribution < -0.4 is 10.5 Å². The Morgan fingerprint density at radius 1 is 1.21 bits per heavy atom. The fourth-order valence-corrected chi connectivity index (χ4v) is 4.09. The van der Waals surface area contributed by atoms with Gasteiger partial charge >= 0.3 is 0 Å². The Labute approximate surface area is 166 Å². The summed E-state index contributed by atoms with van der Waals surface area (Å²) in [6.07, 6.45) is 0.621. The van der Waals surface area contributed by atoms with Gasteiger partial charge in [-0.2, -0.15) is 0 Å². The molecule has 0 bridgehead atoms. The number of nitrogens with zero attached hydrogens (tertiary/aromatic N) is 2. The number of amides is 1. The lowest BCUT2D eigenvalue weighted by Gasteiger charge is -2.34. The smallest absolute Gasteiger partial charge is 0.235 e. The van der Waals surface area contributed by atoms with Crippen LogP contribution in [0.15, 0.2) is 53.9 Å². The van der Waals surface area contributed by atoms with Gasteiger partial charge in [0.05, 0.1) is 11.7 Å². The summed E-state index contributed by atoms with van der Waals surface area (Å²) >= 11 is 1.50. The number of carbonyl (C=O) groups is 1. The summed E-state index contributed by atoms with van der Waals surface area (Å²) in [7, 11) is 0. The number of carbonyl (C=O) groups excluding carboxylic acids is 1. The number of thiazole rings is 1. The molecular weight excluding hydrogens is 377 g/mol. The van der Waals surface area contributed by atoms with Gasteiger partial charge in [0.1, 0.15) is 23.2 Å². The molecule has 2 aromatic carbocycles. The van der Waals surface area contributed by atoms with Gasteiger partial charge in [0.15, 0.2) is 0 Å². The Bertz CT molecular complexity index is 974. The molecule has 1 aliphatic rings. The number of hydrogen-bond donors (Lipinski definition) is 1. The molecule has 0 fully saturated rings. The SMILES string of the molecule is NC(=O)[C@H]1Cc2ccccc2CN1Cc1csc(COc2ccc(F)cc2)n1. The van der Waals surface area contributed by atoms with Crippen LogP contribution in [-0.4, -0.2) is 21.8 Å². The molecule has 0 radical (unpaired) electrons. The zero-order valence-corrected chi connectivity index (χ0v) is 16.0. The van der Waals surface area contributed by atoms with Crippen LogP contribution in [0.4, 0.5) is 4.39 Å². The summed E-state index contributed by atoms with van der Waals surface area (Å²) in [6, 6.07) is 13.7. The molecule has 0 aliphatic carbocycles. The molecule has 7 heteroatoms. The van der Waals surface area contributed by atoms with Crippen molar-refractivity contribution in [2.45, 2.75) is 32.2 Å². The fourth-order valence-electron chi connectivity index (χ4n) is 3.40. The van der Waals surface area contributed by atoms with Gasteiger partial charge in [-0.15, -0.1) is 11.3 Å². The van der Waals surface area contributed by atoms with Gasteiger partial charge in [0.25, 0.3) is 0 Å². The molecule has 1 amide bonds. The van der Waals surface area contributed by atoms with Gasteiger partial charge in [-0.1, -0.05) is 24.3 Å². The molecule has 0 saturated carbocycles. The first kappa shape index (κ1) is 18.6. The van der Waals surface area contributed by atoms with Crippen molar-refractivity contribution in [1.82, 2.24) is 9.88 Å². The normalized spacial score (nSPS) is 16.5. The van der Waals surface area contributed by atoms with E-state index in [1.807, 2.05) is 17.5 Å². The van der Waals surface area contributed by atoms with E-state index >= 15 is 0 Å². The maximum atomic E-state index is 13.0. The van der Waals surface area contributed by atoms with Crippen LogP contribution in [0.25, 0.3) is 0 Å². The predicted molar refractivity (Wildman–Crippen MR) is 105 cm³/mol. The van der Waals surface area contributed by atoms with Crippen molar-refractivity contribution in [3.8, 4) is 5.75 Å². The van der Waals surface area contributed by atoms with Crippen LogP contribution in [-0.2, 0) is 30.9 Å². The standard InChI is InChI=1S/C21H20FN3O2S/c22-16-5-7-18(8-6-16)27-12-20-24-17(13-28-20)11-25-10-15-4-2-1-3-14(15)9-19(25)21(23)26/h1-8,13,19H,9-12H2,(H2,23,26)/t19-/m1/s1. The van der Waals surface area contributed by atoms with E-state index in [-0.39, 0.29) is 17.8 Å². The largest absolute Gasteiger partial charge is 0.486 e. The summed E-state index contributed by atoms with van der Waals surface area (Å²) in [4.78, 5) is 18.7. The average Bonchev–Trinajstić information content (AvgIpc) is 3.14. The quantitative estimate of drug-likeness (QED) is 0.693. The minimum Gasteiger partial charge on any atom is -0.486 e. The highest BCUT2D eigenvalue weighted by Gasteiger charge is 2.30. The zero-order valence-electron chi connectivity index (χ0n) is 15.2. The Kier molecular flexibility index (Phi) is 5.36. The molecule has 0 spiro atoms. The fraction of sp³-hybridized carbons (Fsp3) is 0.238. The van der Waals surface area contributed by atoms with E-state index in [2.05, 4.69) is 22.0 Å². The third-order valence-corrected chi connectivity index (χ3v) is 5.69. The van der Waals surface area contributed by atoms with Gasteiger partial charge in [0, 0.05) is 18.5 Å². The van der Waals surface area contributed by atoms with E-state index in [0.717, 1.165) is 10.7 Å². The van der Waals surface area contributed by atoms with Gasteiger partial charge in [-0.05, 0) is 41.8 Å². The molecular formula is C21H20FN3O2S. The van der Waals surface area contributed by atoms with Gasteiger partial charge < -0.3 is 10.5 Å². The summed E-state index contributed by atoms with van der Waals surface area (Å²) in [5.41, 5.74) is 8.93. The number of fused-ring (bicyclic) bond motifs is 1. The van der Waals surface area contributed by atoms with Crippen LogP contribution in [0.3, 0.4) is 0 Å². The Balaban J connectivity index is 1.42. The van der Waals surface area contributed by atoms with Crippen molar-refractivity contribution in [2.24, 2.45) is 5.73 Å². The lowest BCUT2D eigenvalue weighted by atomic mass is 9.93. The lowest BCUT2D eigenvalue weighted by molar-refractivity contribution is -0.124. The Hall–Kier alpha value is -2.77. The molecule has 0 unspecified atom stereocenters. The molecule has 5 nitrogen and oxygen atoms in total. The number of rotatable bonds is 6. The molecule has 144 valence electrons. The Morgan fingerprint density at radius 3 is 2.71 bits per heavy atom. The number of nitrogens with two attached hydrogens (primary N) is 1. The molecule has 2 N–H and O–H groups in total. The monoisotopic (exact) mass is 397 g/mol. The number of ether oxygens (including phenoxy) is 1. The van der Waals surface area contributed by atoms with E-state index < -0.39 is 0 Å².